The molecule has 7 heteroatoms. The number of carbonyl (C=O) groups excluding carboxylic acids is 1. The van der Waals surface area contributed by atoms with Crippen LogP contribution in [0.5, 0.6) is 0 Å². The fourth-order valence-corrected chi connectivity index (χ4v) is 3.62. The topological polar surface area (TPSA) is 68.1 Å². The molecule has 1 N–H and O–H groups in total. The van der Waals surface area contributed by atoms with E-state index in [0.29, 0.717) is 45.9 Å². The first-order valence-corrected chi connectivity index (χ1v) is 8.79. The van der Waals surface area contributed by atoms with Crippen molar-refractivity contribution < 1.29 is 14.3 Å². The molecule has 2 fully saturated rings. The van der Waals surface area contributed by atoms with Crippen molar-refractivity contribution in [1.29, 1.82) is 0 Å². The van der Waals surface area contributed by atoms with E-state index in [1.165, 1.54) is 0 Å². The molecule has 2 aliphatic heterocycles. The van der Waals surface area contributed by atoms with Crippen LogP contribution in [0.4, 0.5) is 0 Å². The highest BCUT2D eigenvalue weighted by atomic mass is 16.5. The van der Waals surface area contributed by atoms with Gasteiger partial charge in [-0.05, 0) is 18.6 Å². The number of imidazole rings is 1. The number of carbonyl (C=O) groups is 1. The van der Waals surface area contributed by atoms with E-state index >= 15 is 0 Å². The molecule has 2 aromatic heterocycles. The molecule has 4 heterocycles. The Balaban J connectivity index is 1.49. The van der Waals surface area contributed by atoms with Crippen LogP contribution in [0.1, 0.15) is 11.3 Å². The molecule has 2 saturated heterocycles. The van der Waals surface area contributed by atoms with Crippen molar-refractivity contribution in [3.05, 3.63) is 35.8 Å². The number of nitrogens with zero attached hydrogens (tertiary/aromatic N) is 3. The second-order valence-corrected chi connectivity index (χ2v) is 6.89. The fourth-order valence-electron chi connectivity index (χ4n) is 3.62. The molecule has 2 aromatic rings. The van der Waals surface area contributed by atoms with Gasteiger partial charge in [-0.2, -0.15) is 0 Å². The number of aromatic nitrogens is 2. The molecule has 0 unspecified atom stereocenters. The third-order valence-electron chi connectivity index (χ3n) is 4.98. The zero-order valence-electron chi connectivity index (χ0n) is 14.5. The molecule has 1 atom stereocenters. The number of morpholine rings is 1. The molecule has 25 heavy (non-hydrogen) atoms. The van der Waals surface area contributed by atoms with Crippen molar-refractivity contribution in [2.24, 2.45) is 0 Å². The van der Waals surface area contributed by atoms with Gasteiger partial charge in [0.2, 0.25) is 5.91 Å². The van der Waals surface area contributed by atoms with Crippen LogP contribution in [0.25, 0.3) is 5.65 Å². The van der Waals surface area contributed by atoms with E-state index in [-0.39, 0.29) is 5.91 Å². The summed E-state index contributed by atoms with van der Waals surface area (Å²) in [6.07, 6.45) is 4.10. The third kappa shape index (κ3) is 3.27. The van der Waals surface area contributed by atoms with Crippen molar-refractivity contribution >= 4 is 11.6 Å². The Hall–Kier alpha value is -1.96. The molecule has 0 aliphatic carbocycles. The number of aryl methyl sites for hydroxylation is 1. The quantitative estimate of drug-likeness (QED) is 0.854. The lowest BCUT2D eigenvalue weighted by Gasteiger charge is -2.41. The molecule has 1 amide bonds. The van der Waals surface area contributed by atoms with Gasteiger partial charge in [0, 0.05) is 32.0 Å². The highest BCUT2D eigenvalue weighted by molar-refractivity contribution is 5.79. The average Bonchev–Trinajstić information content (AvgIpc) is 2.89. The van der Waals surface area contributed by atoms with Gasteiger partial charge in [-0.3, -0.25) is 4.79 Å². The van der Waals surface area contributed by atoms with E-state index in [0.717, 1.165) is 23.4 Å². The monoisotopic (exact) mass is 344 g/mol. The van der Waals surface area contributed by atoms with Gasteiger partial charge in [0.25, 0.3) is 0 Å². The largest absolute Gasteiger partial charge is 0.377 e. The number of pyridine rings is 1. The molecule has 134 valence electrons. The Morgan fingerprint density at radius 1 is 1.44 bits per heavy atom. The zero-order chi connectivity index (χ0) is 17.3. The fraction of sp³-hybridized carbons (Fsp3) is 0.556. The lowest BCUT2D eigenvalue weighted by atomic mass is 10.0. The van der Waals surface area contributed by atoms with Gasteiger partial charge >= 0.3 is 0 Å². The minimum atomic E-state index is -0.430. The summed E-state index contributed by atoms with van der Waals surface area (Å²) >= 11 is 0. The second-order valence-electron chi connectivity index (χ2n) is 6.89. The number of amides is 1. The summed E-state index contributed by atoms with van der Waals surface area (Å²) in [5, 5.41) is 3.34. The van der Waals surface area contributed by atoms with Gasteiger partial charge in [0.05, 0.1) is 38.5 Å². The maximum absolute atomic E-state index is 12.9. The van der Waals surface area contributed by atoms with E-state index in [1.807, 2.05) is 34.6 Å². The van der Waals surface area contributed by atoms with Crippen LogP contribution in [0.2, 0.25) is 0 Å². The Morgan fingerprint density at radius 2 is 2.36 bits per heavy atom. The van der Waals surface area contributed by atoms with Gasteiger partial charge in [-0.25, -0.2) is 4.98 Å². The van der Waals surface area contributed by atoms with Gasteiger partial charge in [-0.15, -0.1) is 0 Å². The minimum Gasteiger partial charge on any atom is -0.377 e. The predicted octanol–water partition coefficient (Wildman–Crippen LogP) is 0.403. The standard InChI is InChI=1S/C18H24N4O3/c1-14-3-2-5-22-15(10-20-17(14)22)9-16(23)21-6-8-25-18(12-21)11-19-4-7-24-13-18/h2-3,5,10,19H,4,6-9,11-13H2,1H3/t18-/m1/s1. The summed E-state index contributed by atoms with van der Waals surface area (Å²) < 4.78 is 13.6. The molecule has 2 aliphatic rings. The van der Waals surface area contributed by atoms with Gasteiger partial charge in [0.15, 0.2) is 0 Å². The number of nitrogens with one attached hydrogen (secondary N) is 1. The van der Waals surface area contributed by atoms with Crippen LogP contribution < -0.4 is 5.32 Å². The van der Waals surface area contributed by atoms with E-state index in [1.54, 1.807) is 6.20 Å². The summed E-state index contributed by atoms with van der Waals surface area (Å²) in [6.45, 7) is 6.50. The number of hydrogen-bond acceptors (Lipinski definition) is 5. The molecular formula is C18H24N4O3. The Kier molecular flexibility index (Phi) is 4.45. The van der Waals surface area contributed by atoms with E-state index in [9.17, 15) is 4.79 Å². The highest BCUT2D eigenvalue weighted by Gasteiger charge is 2.39. The number of ether oxygens (including phenoxy) is 2. The first-order valence-electron chi connectivity index (χ1n) is 8.79. The maximum Gasteiger partial charge on any atom is 0.228 e. The summed E-state index contributed by atoms with van der Waals surface area (Å²) in [6, 6.07) is 4.01. The third-order valence-corrected chi connectivity index (χ3v) is 4.98. The predicted molar refractivity (Wildman–Crippen MR) is 92.6 cm³/mol. The van der Waals surface area contributed by atoms with Crippen molar-refractivity contribution in [3.63, 3.8) is 0 Å². The zero-order valence-corrected chi connectivity index (χ0v) is 14.5. The highest BCUT2D eigenvalue weighted by Crippen LogP contribution is 2.21. The first kappa shape index (κ1) is 16.5. The van der Waals surface area contributed by atoms with Crippen LogP contribution in [-0.2, 0) is 20.7 Å². The SMILES string of the molecule is Cc1cccn2c(CC(=O)N3CCO[C@]4(CNCCOC4)C3)cnc12. The van der Waals surface area contributed by atoms with Crippen LogP contribution in [0, 0.1) is 6.92 Å². The molecular weight excluding hydrogens is 320 g/mol. The minimum absolute atomic E-state index is 0.107. The maximum atomic E-state index is 12.9. The molecule has 0 saturated carbocycles. The summed E-state index contributed by atoms with van der Waals surface area (Å²) in [5.74, 6) is 0.107. The lowest BCUT2D eigenvalue weighted by molar-refractivity contribution is -0.157. The van der Waals surface area contributed by atoms with Crippen molar-refractivity contribution in [3.8, 4) is 0 Å². The van der Waals surface area contributed by atoms with Gasteiger partial charge < -0.3 is 24.1 Å². The Morgan fingerprint density at radius 3 is 3.28 bits per heavy atom. The van der Waals surface area contributed by atoms with Crippen LogP contribution in [0.15, 0.2) is 24.5 Å². The molecule has 0 bridgehead atoms. The van der Waals surface area contributed by atoms with E-state index in [2.05, 4.69) is 10.3 Å². The summed E-state index contributed by atoms with van der Waals surface area (Å²) in [5.41, 5.74) is 2.50. The molecule has 0 aromatic carbocycles. The molecule has 7 nitrogen and oxygen atoms in total. The number of hydrogen-bond donors (Lipinski definition) is 1. The number of rotatable bonds is 2. The molecule has 4 rings (SSSR count). The van der Waals surface area contributed by atoms with E-state index < -0.39 is 5.60 Å². The number of fused-ring (bicyclic) bond motifs is 1. The summed E-state index contributed by atoms with van der Waals surface area (Å²) in [7, 11) is 0. The average molecular weight is 344 g/mol. The van der Waals surface area contributed by atoms with Gasteiger partial charge in [0.1, 0.15) is 11.2 Å². The smallest absolute Gasteiger partial charge is 0.228 e. The molecule has 1 spiro atoms. The van der Waals surface area contributed by atoms with Crippen LogP contribution in [-0.4, -0.2) is 71.8 Å². The van der Waals surface area contributed by atoms with Crippen LogP contribution >= 0.6 is 0 Å². The lowest BCUT2D eigenvalue weighted by Crippen LogP contribution is -2.59. The first-order chi connectivity index (χ1) is 12.2. The van der Waals surface area contributed by atoms with Crippen molar-refractivity contribution in [1.82, 2.24) is 19.6 Å². The Labute approximate surface area is 146 Å². The van der Waals surface area contributed by atoms with Gasteiger partial charge in [-0.1, -0.05) is 6.07 Å². The summed E-state index contributed by atoms with van der Waals surface area (Å²) in [4.78, 5) is 19.2. The van der Waals surface area contributed by atoms with Crippen LogP contribution in [0.3, 0.4) is 0 Å². The van der Waals surface area contributed by atoms with Crippen molar-refractivity contribution in [2.45, 2.75) is 18.9 Å². The molecule has 0 radical (unpaired) electrons. The van der Waals surface area contributed by atoms with E-state index in [4.69, 9.17) is 9.47 Å². The van der Waals surface area contributed by atoms with Crippen molar-refractivity contribution in [2.75, 3.05) is 46.0 Å². The Bertz CT molecular complexity index is 765. The second kappa shape index (κ2) is 6.74. The normalized spacial score (nSPS) is 24.6.